The van der Waals surface area contributed by atoms with Crippen LogP contribution in [0.3, 0.4) is 0 Å². The fraction of sp³-hybridized carbons (Fsp3) is 0.320. The van der Waals surface area contributed by atoms with Crippen molar-refractivity contribution in [1.29, 1.82) is 0 Å². The van der Waals surface area contributed by atoms with Crippen LogP contribution in [0.25, 0.3) is 10.9 Å². The first-order chi connectivity index (χ1) is 16.1. The zero-order valence-corrected chi connectivity index (χ0v) is 21.0. The number of aromatic nitrogens is 1. The maximum absolute atomic E-state index is 12.8. The Hall–Kier alpha value is -3.33. The number of halogens is 1. The summed E-state index contributed by atoms with van der Waals surface area (Å²) in [5, 5.41) is 3.31. The van der Waals surface area contributed by atoms with Crippen LogP contribution in [0, 0.1) is 0 Å². The Labute approximate surface area is 206 Å². The lowest BCUT2D eigenvalue weighted by molar-refractivity contribution is -0.143. The lowest BCUT2D eigenvalue weighted by Gasteiger charge is -2.19. The fourth-order valence-electron chi connectivity index (χ4n) is 3.36. The number of nitrogens with zero attached hydrogens (tertiary/aromatic N) is 1. The topological polar surface area (TPSA) is 95.9 Å². The van der Waals surface area contributed by atoms with Gasteiger partial charge in [-0.05, 0) is 44.0 Å². The summed E-state index contributed by atoms with van der Waals surface area (Å²) in [6.07, 6.45) is 0.392. The first-order valence-electron chi connectivity index (χ1n) is 10.7. The maximum atomic E-state index is 12.8. The number of carbonyl (C=O) groups excluding carboxylic acids is 3. The Balaban J connectivity index is 1.84. The monoisotopic (exact) mass is 530 g/mol. The van der Waals surface area contributed by atoms with Crippen LogP contribution in [0.5, 0.6) is 0 Å². The van der Waals surface area contributed by atoms with Gasteiger partial charge in [-0.1, -0.05) is 52.3 Å². The lowest BCUT2D eigenvalue weighted by Crippen LogP contribution is -2.43. The molecule has 0 aliphatic rings. The number of hydrogen-bond donors (Lipinski definition) is 1. The molecule has 0 bridgehead atoms. The minimum absolute atomic E-state index is 0.0620. The summed E-state index contributed by atoms with van der Waals surface area (Å²) in [6.45, 7) is 5.41. The second-order valence-electron chi connectivity index (χ2n) is 8.65. The second-order valence-corrected chi connectivity index (χ2v) is 9.57. The summed E-state index contributed by atoms with van der Waals surface area (Å²) < 4.78 is 17.8. The van der Waals surface area contributed by atoms with Crippen molar-refractivity contribution in [2.75, 3.05) is 7.11 Å². The quantitative estimate of drug-likeness (QED) is 0.347. The van der Waals surface area contributed by atoms with Crippen molar-refractivity contribution in [2.24, 2.45) is 0 Å². The van der Waals surface area contributed by atoms with E-state index in [1.807, 2.05) is 42.5 Å². The Morgan fingerprint density at radius 3 is 2.44 bits per heavy atom. The predicted molar refractivity (Wildman–Crippen MR) is 131 cm³/mol. The SMILES string of the molecule is COC(=O)C(Cc1cn(C(=O)OC(C)(C)C)c2cc(Br)ccc12)NC(=O)OCc1ccccc1. The molecule has 1 unspecified atom stereocenters. The first kappa shape index (κ1) is 25.3. The van der Waals surface area contributed by atoms with Crippen LogP contribution in [0.2, 0.25) is 0 Å². The molecule has 0 saturated carbocycles. The molecule has 180 valence electrons. The molecule has 0 fully saturated rings. The Morgan fingerprint density at radius 1 is 1.09 bits per heavy atom. The highest BCUT2D eigenvalue weighted by Crippen LogP contribution is 2.27. The molecule has 3 aromatic rings. The third kappa shape index (κ3) is 6.60. The van der Waals surface area contributed by atoms with Crippen LogP contribution in [-0.4, -0.2) is 41.5 Å². The third-order valence-corrected chi connectivity index (χ3v) is 5.35. The van der Waals surface area contributed by atoms with E-state index < -0.39 is 29.8 Å². The number of ether oxygens (including phenoxy) is 3. The number of benzene rings is 2. The lowest BCUT2D eigenvalue weighted by atomic mass is 10.1. The van der Waals surface area contributed by atoms with E-state index >= 15 is 0 Å². The van der Waals surface area contributed by atoms with E-state index in [0.29, 0.717) is 11.1 Å². The van der Waals surface area contributed by atoms with Crippen molar-refractivity contribution in [2.45, 2.75) is 45.4 Å². The van der Waals surface area contributed by atoms with Gasteiger partial charge in [-0.3, -0.25) is 4.57 Å². The van der Waals surface area contributed by atoms with Gasteiger partial charge in [-0.15, -0.1) is 0 Å². The zero-order chi connectivity index (χ0) is 24.9. The van der Waals surface area contributed by atoms with Gasteiger partial charge in [0.15, 0.2) is 0 Å². The fourth-order valence-corrected chi connectivity index (χ4v) is 3.71. The molecule has 2 aromatic carbocycles. The van der Waals surface area contributed by atoms with Gasteiger partial charge in [0.05, 0.1) is 12.6 Å². The molecule has 0 aliphatic heterocycles. The van der Waals surface area contributed by atoms with E-state index in [0.717, 1.165) is 15.4 Å². The summed E-state index contributed by atoms with van der Waals surface area (Å²) in [5.41, 5.74) is 1.40. The van der Waals surface area contributed by atoms with Crippen molar-refractivity contribution in [3.05, 3.63) is 70.3 Å². The maximum Gasteiger partial charge on any atom is 0.419 e. The number of rotatable bonds is 6. The highest BCUT2D eigenvalue weighted by molar-refractivity contribution is 9.10. The minimum Gasteiger partial charge on any atom is -0.467 e. The molecule has 1 atom stereocenters. The van der Waals surface area contributed by atoms with E-state index in [1.165, 1.54) is 11.7 Å². The summed E-state index contributed by atoms with van der Waals surface area (Å²) >= 11 is 3.43. The van der Waals surface area contributed by atoms with Gasteiger partial charge in [-0.2, -0.15) is 0 Å². The van der Waals surface area contributed by atoms with E-state index in [-0.39, 0.29) is 13.0 Å². The molecule has 1 amide bonds. The van der Waals surface area contributed by atoms with Gasteiger partial charge >= 0.3 is 18.2 Å². The molecule has 34 heavy (non-hydrogen) atoms. The van der Waals surface area contributed by atoms with Crippen LogP contribution in [-0.2, 0) is 32.0 Å². The first-order valence-corrected chi connectivity index (χ1v) is 11.4. The molecule has 1 heterocycles. The Bertz CT molecular complexity index is 1180. The normalized spacial score (nSPS) is 12.1. The number of nitrogens with one attached hydrogen (secondary N) is 1. The highest BCUT2D eigenvalue weighted by atomic mass is 79.9. The summed E-state index contributed by atoms with van der Waals surface area (Å²) in [7, 11) is 1.24. The predicted octanol–water partition coefficient (Wildman–Crippen LogP) is 5.20. The second kappa shape index (κ2) is 10.7. The summed E-state index contributed by atoms with van der Waals surface area (Å²) in [4.78, 5) is 37.7. The van der Waals surface area contributed by atoms with Crippen LogP contribution >= 0.6 is 15.9 Å². The van der Waals surface area contributed by atoms with Crippen molar-refractivity contribution >= 4 is 45.0 Å². The average molecular weight is 531 g/mol. The molecule has 0 spiro atoms. The molecule has 0 radical (unpaired) electrons. The number of methoxy groups -OCH3 is 1. The van der Waals surface area contributed by atoms with Gasteiger partial charge in [0.1, 0.15) is 18.2 Å². The smallest absolute Gasteiger partial charge is 0.419 e. The van der Waals surface area contributed by atoms with Crippen LogP contribution in [0.1, 0.15) is 31.9 Å². The molecular formula is C25H27BrN2O6. The summed E-state index contributed by atoms with van der Waals surface area (Å²) in [5.74, 6) is -0.632. The third-order valence-electron chi connectivity index (χ3n) is 4.85. The van der Waals surface area contributed by atoms with Crippen LogP contribution < -0.4 is 5.32 Å². The summed E-state index contributed by atoms with van der Waals surface area (Å²) in [6, 6.07) is 13.6. The number of fused-ring (bicyclic) bond motifs is 1. The molecule has 3 rings (SSSR count). The van der Waals surface area contributed by atoms with Gasteiger partial charge < -0.3 is 19.5 Å². The largest absolute Gasteiger partial charge is 0.467 e. The standard InChI is InChI=1S/C25H27BrN2O6/c1-25(2,3)34-24(31)28-14-17(19-11-10-18(26)13-21(19)28)12-20(22(29)32-4)27-23(30)33-15-16-8-6-5-7-9-16/h5-11,13-14,20H,12,15H2,1-4H3,(H,27,30). The van der Waals surface area contributed by atoms with Gasteiger partial charge in [0, 0.05) is 22.5 Å². The molecule has 1 aromatic heterocycles. The molecule has 0 saturated heterocycles. The number of hydrogen-bond acceptors (Lipinski definition) is 6. The average Bonchev–Trinajstić information content (AvgIpc) is 3.13. The number of amides is 1. The van der Waals surface area contributed by atoms with Gasteiger partial charge in [0.25, 0.3) is 0 Å². The Kier molecular flexibility index (Phi) is 7.98. The number of carbonyl (C=O) groups is 3. The van der Waals surface area contributed by atoms with E-state index in [4.69, 9.17) is 14.2 Å². The van der Waals surface area contributed by atoms with E-state index in [2.05, 4.69) is 21.2 Å². The van der Waals surface area contributed by atoms with Crippen LogP contribution in [0.15, 0.2) is 59.2 Å². The van der Waals surface area contributed by atoms with Gasteiger partial charge in [-0.25, -0.2) is 14.4 Å². The molecule has 1 N–H and O–H groups in total. The van der Waals surface area contributed by atoms with Gasteiger partial charge in [0.2, 0.25) is 0 Å². The number of alkyl carbamates (subject to hydrolysis) is 1. The van der Waals surface area contributed by atoms with Crippen LogP contribution in [0.4, 0.5) is 9.59 Å². The van der Waals surface area contributed by atoms with Crippen molar-refractivity contribution in [3.63, 3.8) is 0 Å². The van der Waals surface area contributed by atoms with Crippen molar-refractivity contribution in [3.8, 4) is 0 Å². The van der Waals surface area contributed by atoms with E-state index in [9.17, 15) is 14.4 Å². The van der Waals surface area contributed by atoms with Crippen molar-refractivity contribution in [1.82, 2.24) is 9.88 Å². The van der Waals surface area contributed by atoms with Crippen molar-refractivity contribution < 1.29 is 28.6 Å². The number of esters is 1. The Morgan fingerprint density at radius 2 is 1.79 bits per heavy atom. The molecular weight excluding hydrogens is 504 g/mol. The highest BCUT2D eigenvalue weighted by Gasteiger charge is 2.26. The molecule has 8 nitrogen and oxygen atoms in total. The van der Waals surface area contributed by atoms with E-state index in [1.54, 1.807) is 33.0 Å². The zero-order valence-electron chi connectivity index (χ0n) is 19.5. The molecule has 0 aliphatic carbocycles. The minimum atomic E-state index is -1.02. The molecule has 9 heteroatoms.